The van der Waals surface area contributed by atoms with Gasteiger partial charge in [0, 0.05) is 49.1 Å². The second-order valence-electron chi connectivity index (χ2n) is 10.9. The van der Waals surface area contributed by atoms with Crippen LogP contribution >= 0.6 is 0 Å². The molecule has 2 aliphatic carbocycles. The predicted octanol–water partition coefficient (Wildman–Crippen LogP) is 5.37. The van der Waals surface area contributed by atoms with Gasteiger partial charge in [-0.1, -0.05) is 18.2 Å². The molecule has 6 rings (SSSR count). The third-order valence-corrected chi connectivity index (χ3v) is 7.89. The second-order valence-corrected chi connectivity index (χ2v) is 10.9. The van der Waals surface area contributed by atoms with Gasteiger partial charge in [-0.2, -0.15) is 14.6 Å². The van der Waals surface area contributed by atoms with Crippen molar-refractivity contribution >= 4 is 11.8 Å². The first-order chi connectivity index (χ1) is 19.4. The molecule has 208 valence electrons. The van der Waals surface area contributed by atoms with Crippen molar-refractivity contribution in [2.75, 3.05) is 11.9 Å². The summed E-state index contributed by atoms with van der Waals surface area (Å²) in [4.78, 5) is 17.2. The van der Waals surface area contributed by atoms with Crippen LogP contribution in [-0.4, -0.2) is 49.3 Å². The van der Waals surface area contributed by atoms with Gasteiger partial charge in [0.2, 0.25) is 5.95 Å². The van der Waals surface area contributed by atoms with Crippen LogP contribution in [0.25, 0.3) is 16.9 Å². The molecule has 2 saturated carbocycles. The average Bonchev–Trinajstić information content (AvgIpc) is 3.39. The van der Waals surface area contributed by atoms with E-state index in [1.807, 2.05) is 56.6 Å². The van der Waals surface area contributed by atoms with Crippen molar-refractivity contribution in [3.05, 3.63) is 78.1 Å². The molecule has 0 saturated heterocycles. The van der Waals surface area contributed by atoms with Crippen molar-refractivity contribution in [1.82, 2.24) is 29.9 Å². The number of amides is 2. The predicted molar refractivity (Wildman–Crippen MR) is 150 cm³/mol. The summed E-state index contributed by atoms with van der Waals surface area (Å²) in [7, 11) is 1.86. The maximum absolute atomic E-state index is 14.0. The van der Waals surface area contributed by atoms with Gasteiger partial charge in [0.1, 0.15) is 11.5 Å². The monoisotopic (exact) mass is 543 g/mol. The summed E-state index contributed by atoms with van der Waals surface area (Å²) in [5.41, 5.74) is 4.13. The van der Waals surface area contributed by atoms with Gasteiger partial charge in [-0.15, -0.1) is 0 Å². The van der Waals surface area contributed by atoms with Crippen molar-refractivity contribution in [3.8, 4) is 16.9 Å². The fourth-order valence-electron chi connectivity index (χ4n) is 5.72. The van der Waals surface area contributed by atoms with E-state index in [0.717, 1.165) is 66.8 Å². The van der Waals surface area contributed by atoms with Crippen LogP contribution in [0, 0.1) is 18.8 Å². The molecule has 3 aromatic heterocycles. The first kappa shape index (κ1) is 26.2. The van der Waals surface area contributed by atoms with Crippen LogP contribution in [0.4, 0.5) is 15.0 Å². The Morgan fingerprint density at radius 2 is 2.00 bits per heavy atom. The smallest absolute Gasteiger partial charge is 0.320 e. The second kappa shape index (κ2) is 11.2. The first-order valence-corrected chi connectivity index (χ1v) is 13.9. The highest BCUT2D eigenvalue weighted by Crippen LogP contribution is 2.41. The van der Waals surface area contributed by atoms with Gasteiger partial charge in [0.15, 0.2) is 0 Å². The summed E-state index contributed by atoms with van der Waals surface area (Å²) < 4.78 is 23.4. The molecule has 1 aromatic carbocycles. The molecule has 2 amide bonds. The Hall–Kier alpha value is -4.05. The number of carbonyl (C=O) groups excluding carboxylic acids is 1. The van der Waals surface area contributed by atoms with Crippen LogP contribution in [0.15, 0.2) is 61.1 Å². The zero-order chi connectivity index (χ0) is 27.6. The number of urea groups is 1. The van der Waals surface area contributed by atoms with Crippen molar-refractivity contribution in [2.45, 2.75) is 57.1 Å². The Balaban J connectivity index is 1.23. The Labute approximate surface area is 232 Å². The molecule has 2 fully saturated rings. The molecule has 0 bridgehead atoms. The highest BCUT2D eigenvalue weighted by Gasteiger charge is 2.37. The number of aromatic nitrogens is 5. The van der Waals surface area contributed by atoms with Crippen LogP contribution in [0.2, 0.25) is 0 Å². The average molecular weight is 544 g/mol. The highest BCUT2D eigenvalue weighted by molar-refractivity contribution is 5.91. The molecule has 9 nitrogen and oxygen atoms in total. The molecule has 10 heteroatoms. The van der Waals surface area contributed by atoms with Gasteiger partial charge in [-0.3, -0.25) is 10.00 Å². The van der Waals surface area contributed by atoms with Gasteiger partial charge < -0.3 is 10.1 Å². The van der Waals surface area contributed by atoms with E-state index in [1.165, 1.54) is 12.3 Å². The number of pyridine rings is 1. The van der Waals surface area contributed by atoms with E-state index in [9.17, 15) is 9.18 Å². The first-order valence-electron chi connectivity index (χ1n) is 13.9. The number of halogens is 1. The van der Waals surface area contributed by atoms with E-state index in [-0.39, 0.29) is 18.0 Å². The lowest BCUT2D eigenvalue weighted by Crippen LogP contribution is -2.40. The summed E-state index contributed by atoms with van der Waals surface area (Å²) in [5.74, 6) is 0.437. The van der Waals surface area contributed by atoms with Crippen LogP contribution in [0.3, 0.4) is 0 Å². The molecule has 40 heavy (non-hydrogen) atoms. The number of hydrogen-bond donors (Lipinski definition) is 2. The Kier molecular flexibility index (Phi) is 7.34. The van der Waals surface area contributed by atoms with Gasteiger partial charge in [0.05, 0.1) is 18.0 Å². The van der Waals surface area contributed by atoms with E-state index >= 15 is 0 Å². The maximum Gasteiger partial charge on any atom is 0.320 e. The minimum Gasteiger partial charge on any atom is -0.378 e. The number of para-hydroxylation sites is 1. The Morgan fingerprint density at radius 3 is 2.73 bits per heavy atom. The van der Waals surface area contributed by atoms with Gasteiger partial charge in [-0.25, -0.2) is 14.5 Å². The Bertz CT molecular complexity index is 1480. The summed E-state index contributed by atoms with van der Waals surface area (Å²) in [5, 5.41) is 15.4. The normalized spacial score (nSPS) is 20.5. The minimum absolute atomic E-state index is 0.0136. The van der Waals surface area contributed by atoms with Crippen molar-refractivity contribution in [1.29, 1.82) is 0 Å². The molecule has 0 spiro atoms. The highest BCUT2D eigenvalue weighted by atomic mass is 19.1. The number of carbonyl (C=O) groups is 1. The zero-order valence-corrected chi connectivity index (χ0v) is 22.8. The SMILES string of the molecule is Cc1c(-c2cnn(C)c2)nn(-c2ccccc2)c1NC(=O)N[C@@H]1CC(CCOC2CC2)C[C@H]1c1ccnc(F)c1. The standard InChI is InChI=1S/C30H34FN7O2/c1-19-28(22-17-33-37(2)18-22)36-38(23-6-4-3-5-7-23)29(19)35-30(39)34-26-15-20(11-13-40-24-8-9-24)14-25(26)21-10-12-32-27(31)16-21/h3-7,10,12,16-18,20,24-26H,8-9,11,13-15H2,1-2H3,(H2,34,35,39)/t20?,25-,26+/m0/s1. The van der Waals surface area contributed by atoms with Crippen LogP contribution in [0.5, 0.6) is 0 Å². The Morgan fingerprint density at radius 1 is 1.18 bits per heavy atom. The van der Waals surface area contributed by atoms with Crippen LogP contribution in [-0.2, 0) is 11.8 Å². The van der Waals surface area contributed by atoms with Crippen molar-refractivity contribution in [2.24, 2.45) is 13.0 Å². The summed E-state index contributed by atoms with van der Waals surface area (Å²) in [6.45, 7) is 2.66. The number of rotatable bonds is 9. The summed E-state index contributed by atoms with van der Waals surface area (Å²) in [6.07, 6.45) is 10.5. The molecule has 1 unspecified atom stereocenters. The van der Waals surface area contributed by atoms with E-state index in [4.69, 9.17) is 9.84 Å². The van der Waals surface area contributed by atoms with E-state index < -0.39 is 5.95 Å². The quantitative estimate of drug-likeness (QED) is 0.277. The van der Waals surface area contributed by atoms with E-state index in [2.05, 4.69) is 20.7 Å². The number of anilines is 1. The molecule has 3 atom stereocenters. The number of ether oxygens (including phenoxy) is 1. The molecule has 0 radical (unpaired) electrons. The lowest BCUT2D eigenvalue weighted by molar-refractivity contribution is 0.106. The topological polar surface area (TPSA) is 98.9 Å². The number of hydrogen-bond acceptors (Lipinski definition) is 5. The molecule has 3 heterocycles. The minimum atomic E-state index is -0.508. The lowest BCUT2D eigenvalue weighted by atomic mass is 9.94. The fraction of sp³-hybridized carbons (Fsp3) is 0.400. The third kappa shape index (κ3) is 5.77. The zero-order valence-electron chi connectivity index (χ0n) is 22.8. The molecule has 0 aliphatic heterocycles. The van der Waals surface area contributed by atoms with Crippen LogP contribution in [0.1, 0.15) is 49.1 Å². The van der Waals surface area contributed by atoms with Gasteiger partial charge in [0.25, 0.3) is 0 Å². The van der Waals surface area contributed by atoms with E-state index in [0.29, 0.717) is 17.8 Å². The maximum atomic E-state index is 14.0. The van der Waals surface area contributed by atoms with Gasteiger partial charge in [-0.05, 0) is 74.8 Å². The van der Waals surface area contributed by atoms with Gasteiger partial charge >= 0.3 is 6.03 Å². The fourth-order valence-corrected chi connectivity index (χ4v) is 5.72. The van der Waals surface area contributed by atoms with Crippen molar-refractivity contribution < 1.29 is 13.9 Å². The number of benzene rings is 1. The van der Waals surface area contributed by atoms with Crippen molar-refractivity contribution in [3.63, 3.8) is 0 Å². The summed E-state index contributed by atoms with van der Waals surface area (Å²) >= 11 is 0. The molecular weight excluding hydrogens is 509 g/mol. The van der Waals surface area contributed by atoms with Crippen LogP contribution < -0.4 is 10.6 Å². The third-order valence-electron chi connectivity index (χ3n) is 7.89. The number of aryl methyl sites for hydroxylation is 1. The lowest BCUT2D eigenvalue weighted by Gasteiger charge is -2.22. The molecule has 2 aliphatic rings. The molecular formula is C30H34FN7O2. The molecule has 2 N–H and O–H groups in total. The molecule has 4 aromatic rings. The van der Waals surface area contributed by atoms with E-state index in [1.54, 1.807) is 15.6 Å². The number of nitrogens with one attached hydrogen (secondary N) is 2. The summed E-state index contributed by atoms with van der Waals surface area (Å²) in [6, 6.07) is 12.6. The largest absolute Gasteiger partial charge is 0.378 e. The number of nitrogens with zero attached hydrogens (tertiary/aromatic N) is 5.